The predicted octanol–water partition coefficient (Wildman–Crippen LogP) is 1.75. The molecule has 0 aliphatic carbocycles. The number of nitrogens with one attached hydrogen (secondary N) is 1. The van der Waals surface area contributed by atoms with Gasteiger partial charge in [-0.05, 0) is 23.8 Å². The number of hydrogen-bond acceptors (Lipinski definition) is 2. The molecule has 1 N–H and O–H groups in total. The number of benzene rings is 1. The van der Waals surface area contributed by atoms with Crippen LogP contribution in [0, 0.1) is 5.82 Å². The van der Waals surface area contributed by atoms with E-state index in [4.69, 9.17) is 0 Å². The Morgan fingerprint density at radius 3 is 2.89 bits per heavy atom. The van der Waals surface area contributed by atoms with Crippen LogP contribution in [0.4, 0.5) is 4.39 Å². The molecule has 0 amide bonds. The number of fused-ring (bicyclic) bond motifs is 1. The Hall–Kier alpha value is -2.43. The normalized spacial score (nSPS) is 10.9. The van der Waals surface area contributed by atoms with Crippen molar-refractivity contribution in [2.75, 3.05) is 0 Å². The molecule has 3 rings (SSSR count). The summed E-state index contributed by atoms with van der Waals surface area (Å²) in [7, 11) is 0. The van der Waals surface area contributed by atoms with Crippen molar-refractivity contribution < 1.29 is 4.39 Å². The summed E-state index contributed by atoms with van der Waals surface area (Å²) < 4.78 is 14.6. The molecule has 4 nitrogen and oxygen atoms in total. The number of aromatic nitrogens is 3. The molecule has 90 valence electrons. The van der Waals surface area contributed by atoms with E-state index in [1.165, 1.54) is 22.6 Å². The van der Waals surface area contributed by atoms with Gasteiger partial charge < -0.3 is 0 Å². The molecule has 0 saturated carbocycles. The van der Waals surface area contributed by atoms with Gasteiger partial charge in [0.2, 0.25) is 0 Å². The zero-order valence-corrected chi connectivity index (χ0v) is 9.43. The minimum atomic E-state index is -0.292. The van der Waals surface area contributed by atoms with Gasteiger partial charge in [0.15, 0.2) is 0 Å². The van der Waals surface area contributed by atoms with Gasteiger partial charge in [-0.3, -0.25) is 9.89 Å². The van der Waals surface area contributed by atoms with E-state index in [-0.39, 0.29) is 11.4 Å². The van der Waals surface area contributed by atoms with Crippen LogP contribution in [0.3, 0.4) is 0 Å². The van der Waals surface area contributed by atoms with Crippen molar-refractivity contribution in [1.82, 2.24) is 14.6 Å². The second-order valence-electron chi connectivity index (χ2n) is 4.03. The molecule has 5 heteroatoms. The van der Waals surface area contributed by atoms with Crippen LogP contribution in [0.15, 0.2) is 47.3 Å². The highest BCUT2D eigenvalue weighted by molar-refractivity contribution is 5.38. The van der Waals surface area contributed by atoms with Gasteiger partial charge >= 0.3 is 0 Å². The third-order valence-corrected chi connectivity index (χ3v) is 2.76. The van der Waals surface area contributed by atoms with Gasteiger partial charge in [0, 0.05) is 12.5 Å². The lowest BCUT2D eigenvalue weighted by Crippen LogP contribution is -2.13. The number of nitrogens with zero attached hydrogens (tertiary/aromatic N) is 2. The quantitative estimate of drug-likeness (QED) is 0.745. The lowest BCUT2D eigenvalue weighted by Gasteiger charge is -2.00. The summed E-state index contributed by atoms with van der Waals surface area (Å²) in [6.45, 7) is 0. The van der Waals surface area contributed by atoms with Crippen LogP contribution in [0.25, 0.3) is 5.65 Å². The van der Waals surface area contributed by atoms with Crippen molar-refractivity contribution in [3.05, 3.63) is 70.0 Å². The first kappa shape index (κ1) is 10.7. The van der Waals surface area contributed by atoms with Gasteiger partial charge in [0.25, 0.3) is 5.56 Å². The first-order valence-electron chi connectivity index (χ1n) is 5.53. The Kier molecular flexibility index (Phi) is 2.44. The summed E-state index contributed by atoms with van der Waals surface area (Å²) in [5, 5.41) is 6.88. The highest BCUT2D eigenvalue weighted by atomic mass is 19.1. The maximum Gasteiger partial charge on any atom is 0.257 e. The smallest absolute Gasteiger partial charge is 0.257 e. The van der Waals surface area contributed by atoms with E-state index < -0.39 is 0 Å². The molecular weight excluding hydrogens is 233 g/mol. The monoisotopic (exact) mass is 243 g/mol. The van der Waals surface area contributed by atoms with Crippen molar-refractivity contribution in [3.63, 3.8) is 0 Å². The second kappa shape index (κ2) is 4.10. The number of halogens is 1. The van der Waals surface area contributed by atoms with Crippen molar-refractivity contribution in [2.24, 2.45) is 0 Å². The molecule has 0 aliphatic heterocycles. The second-order valence-corrected chi connectivity index (χ2v) is 4.03. The Morgan fingerprint density at radius 2 is 2.06 bits per heavy atom. The molecule has 2 heterocycles. The Labute approximate surface area is 102 Å². The first-order chi connectivity index (χ1) is 8.74. The highest BCUT2D eigenvalue weighted by Crippen LogP contribution is 2.09. The third kappa shape index (κ3) is 1.79. The minimum Gasteiger partial charge on any atom is -0.269 e. The molecule has 0 atom stereocenters. The van der Waals surface area contributed by atoms with Crippen LogP contribution in [0.1, 0.15) is 11.4 Å². The summed E-state index contributed by atoms with van der Waals surface area (Å²) in [6, 6.07) is 11.2. The SMILES string of the molecule is O=c1cccc2[nH]nc(Cc3cccc(F)c3)n12. The number of H-pyrrole nitrogens is 1. The van der Waals surface area contributed by atoms with Gasteiger partial charge in [-0.2, -0.15) is 5.10 Å². The van der Waals surface area contributed by atoms with E-state index >= 15 is 0 Å². The fourth-order valence-electron chi connectivity index (χ4n) is 1.96. The Morgan fingerprint density at radius 1 is 1.22 bits per heavy atom. The average Bonchev–Trinajstić information content (AvgIpc) is 2.74. The van der Waals surface area contributed by atoms with Crippen LogP contribution in [-0.2, 0) is 6.42 Å². The fraction of sp³-hybridized carbons (Fsp3) is 0.0769. The molecule has 0 aliphatic rings. The highest BCUT2D eigenvalue weighted by Gasteiger charge is 2.07. The van der Waals surface area contributed by atoms with Crippen molar-refractivity contribution >= 4 is 5.65 Å². The maximum atomic E-state index is 13.1. The van der Waals surface area contributed by atoms with E-state index in [0.717, 1.165) is 5.56 Å². The first-order valence-corrected chi connectivity index (χ1v) is 5.53. The molecule has 0 radical (unpaired) electrons. The molecule has 0 spiro atoms. The maximum absolute atomic E-state index is 13.1. The molecule has 0 saturated heterocycles. The van der Waals surface area contributed by atoms with Crippen LogP contribution in [0.5, 0.6) is 0 Å². The summed E-state index contributed by atoms with van der Waals surface area (Å²) in [5.41, 5.74) is 1.26. The summed E-state index contributed by atoms with van der Waals surface area (Å²) in [5.74, 6) is 0.279. The lowest BCUT2D eigenvalue weighted by atomic mass is 10.1. The van der Waals surface area contributed by atoms with Crippen LogP contribution >= 0.6 is 0 Å². The van der Waals surface area contributed by atoms with E-state index in [1.54, 1.807) is 24.3 Å². The Bertz CT molecular complexity index is 760. The standard InChI is InChI=1S/C13H10FN3O/c14-10-4-1-3-9(7-10)8-12-16-15-11-5-2-6-13(18)17(11)12/h1-7,15H,8H2. The van der Waals surface area contributed by atoms with Crippen molar-refractivity contribution in [3.8, 4) is 0 Å². The predicted molar refractivity (Wildman–Crippen MR) is 65.0 cm³/mol. The fourth-order valence-corrected chi connectivity index (χ4v) is 1.96. The van der Waals surface area contributed by atoms with E-state index in [9.17, 15) is 9.18 Å². The number of hydrogen-bond donors (Lipinski definition) is 1. The summed E-state index contributed by atoms with van der Waals surface area (Å²) >= 11 is 0. The van der Waals surface area contributed by atoms with Gasteiger partial charge in [-0.15, -0.1) is 0 Å². The third-order valence-electron chi connectivity index (χ3n) is 2.76. The molecule has 18 heavy (non-hydrogen) atoms. The zero-order chi connectivity index (χ0) is 12.5. The largest absolute Gasteiger partial charge is 0.269 e. The van der Waals surface area contributed by atoms with Crippen LogP contribution in [0.2, 0.25) is 0 Å². The average molecular weight is 243 g/mol. The van der Waals surface area contributed by atoms with Crippen molar-refractivity contribution in [2.45, 2.75) is 6.42 Å². The minimum absolute atomic E-state index is 0.146. The molecule has 2 aromatic heterocycles. The van der Waals surface area contributed by atoms with Crippen LogP contribution in [-0.4, -0.2) is 14.6 Å². The molecular formula is C13H10FN3O. The number of rotatable bonds is 2. The molecule has 0 fully saturated rings. The van der Waals surface area contributed by atoms with Gasteiger partial charge in [0.1, 0.15) is 17.3 Å². The van der Waals surface area contributed by atoms with E-state index in [0.29, 0.717) is 17.9 Å². The zero-order valence-electron chi connectivity index (χ0n) is 9.43. The number of pyridine rings is 1. The lowest BCUT2D eigenvalue weighted by molar-refractivity contribution is 0.625. The van der Waals surface area contributed by atoms with Crippen LogP contribution < -0.4 is 5.56 Å². The van der Waals surface area contributed by atoms with Gasteiger partial charge in [-0.25, -0.2) is 8.79 Å². The Balaban J connectivity index is 2.08. The molecule has 0 bridgehead atoms. The molecule has 0 unspecified atom stereocenters. The van der Waals surface area contributed by atoms with Crippen molar-refractivity contribution in [1.29, 1.82) is 0 Å². The molecule has 1 aromatic carbocycles. The topological polar surface area (TPSA) is 50.2 Å². The summed E-state index contributed by atoms with van der Waals surface area (Å²) in [6.07, 6.45) is 0.404. The van der Waals surface area contributed by atoms with E-state index in [2.05, 4.69) is 10.2 Å². The van der Waals surface area contributed by atoms with Gasteiger partial charge in [-0.1, -0.05) is 18.2 Å². The van der Waals surface area contributed by atoms with Gasteiger partial charge in [0.05, 0.1) is 0 Å². The van der Waals surface area contributed by atoms with E-state index in [1.807, 2.05) is 0 Å². The summed E-state index contributed by atoms with van der Waals surface area (Å²) in [4.78, 5) is 11.7. The number of aromatic amines is 1. The molecule has 3 aromatic rings.